The Morgan fingerprint density at radius 1 is 1.22 bits per heavy atom. The van der Waals surface area contributed by atoms with E-state index in [-0.39, 0.29) is 18.1 Å². The van der Waals surface area contributed by atoms with Crippen molar-refractivity contribution < 1.29 is 35.9 Å². The Bertz CT molecular complexity index is 767. The zero-order valence-corrected chi connectivity index (χ0v) is 13.6. The molecule has 0 N–H and O–H groups in total. The standard InChI is InChI=1S/C13H12F6N6O2/c1-2-27-24-10(25-7-20-5-23-25)8-3-9(22-6-21-8)26-4-12(15,16)11(14)13(17,18)19/h3,5-7,11H,2,4H2,1H3/b24-10-. The van der Waals surface area contributed by atoms with Crippen LogP contribution in [0.5, 0.6) is 5.88 Å². The van der Waals surface area contributed by atoms with Crippen molar-refractivity contribution >= 4 is 5.84 Å². The molecule has 1 unspecified atom stereocenters. The third-order valence-electron chi connectivity index (χ3n) is 2.86. The summed E-state index contributed by atoms with van der Waals surface area (Å²) in [5, 5.41) is 7.55. The lowest BCUT2D eigenvalue weighted by molar-refractivity contribution is -0.250. The highest BCUT2D eigenvalue weighted by atomic mass is 19.4. The molecule has 0 radical (unpaired) electrons. The Morgan fingerprint density at radius 2 is 1.96 bits per heavy atom. The predicted octanol–water partition coefficient (Wildman–Crippen LogP) is 2.23. The monoisotopic (exact) mass is 398 g/mol. The van der Waals surface area contributed by atoms with Gasteiger partial charge in [-0.1, -0.05) is 5.16 Å². The number of rotatable bonds is 7. The minimum atomic E-state index is -5.73. The molecule has 0 aliphatic heterocycles. The summed E-state index contributed by atoms with van der Waals surface area (Å²) in [5.74, 6) is -5.36. The molecular weight excluding hydrogens is 386 g/mol. The molecule has 0 amide bonds. The normalized spacial score (nSPS) is 14.1. The summed E-state index contributed by atoms with van der Waals surface area (Å²) in [7, 11) is 0. The number of halogens is 6. The molecule has 0 aliphatic carbocycles. The van der Waals surface area contributed by atoms with Crippen molar-refractivity contribution in [2.24, 2.45) is 5.16 Å². The summed E-state index contributed by atoms with van der Waals surface area (Å²) in [6.07, 6.45) is -6.80. The first-order valence-corrected chi connectivity index (χ1v) is 7.24. The van der Waals surface area contributed by atoms with Gasteiger partial charge in [0.15, 0.2) is 6.61 Å². The van der Waals surface area contributed by atoms with Crippen LogP contribution in [0.1, 0.15) is 12.6 Å². The second-order valence-corrected chi connectivity index (χ2v) is 4.87. The molecular formula is C13H12F6N6O2. The number of hydrogen-bond acceptors (Lipinski definition) is 7. The van der Waals surface area contributed by atoms with Gasteiger partial charge >= 0.3 is 12.1 Å². The molecule has 1 atom stereocenters. The van der Waals surface area contributed by atoms with Crippen LogP contribution in [-0.2, 0) is 4.84 Å². The topological polar surface area (TPSA) is 87.3 Å². The number of nitrogens with zero attached hydrogens (tertiary/aromatic N) is 6. The Hall–Kier alpha value is -2.93. The van der Waals surface area contributed by atoms with E-state index in [1.165, 1.54) is 12.7 Å². The fourth-order valence-electron chi connectivity index (χ4n) is 1.67. The molecule has 0 fully saturated rings. The molecule has 0 spiro atoms. The van der Waals surface area contributed by atoms with Crippen LogP contribution in [0.15, 0.2) is 30.2 Å². The average molecular weight is 398 g/mol. The smallest absolute Gasteiger partial charge is 0.425 e. The van der Waals surface area contributed by atoms with Gasteiger partial charge in [0, 0.05) is 6.07 Å². The number of oxime groups is 1. The van der Waals surface area contributed by atoms with Gasteiger partial charge in [0.25, 0.3) is 6.17 Å². The minimum absolute atomic E-state index is 0.0186. The minimum Gasteiger partial charge on any atom is -0.471 e. The van der Waals surface area contributed by atoms with Crippen LogP contribution in [0, 0.1) is 0 Å². The van der Waals surface area contributed by atoms with Gasteiger partial charge in [-0.05, 0) is 6.92 Å². The molecule has 2 aromatic rings. The third kappa shape index (κ3) is 5.27. The first-order chi connectivity index (χ1) is 12.6. The summed E-state index contributed by atoms with van der Waals surface area (Å²) < 4.78 is 81.6. The summed E-state index contributed by atoms with van der Waals surface area (Å²) in [6, 6.07) is 0.996. The van der Waals surface area contributed by atoms with E-state index in [0.29, 0.717) is 0 Å². The molecule has 148 valence electrons. The van der Waals surface area contributed by atoms with Crippen molar-refractivity contribution in [3.63, 3.8) is 0 Å². The van der Waals surface area contributed by atoms with Gasteiger partial charge in [0.2, 0.25) is 11.7 Å². The number of alkyl halides is 6. The maximum atomic E-state index is 13.3. The Labute approximate surface area is 147 Å². The molecule has 14 heteroatoms. The Morgan fingerprint density at radius 3 is 2.56 bits per heavy atom. The zero-order valence-electron chi connectivity index (χ0n) is 13.6. The van der Waals surface area contributed by atoms with Crippen molar-refractivity contribution in [3.8, 4) is 5.88 Å². The Kier molecular flexibility index (Phi) is 6.17. The van der Waals surface area contributed by atoms with E-state index in [1.807, 2.05) is 0 Å². The van der Waals surface area contributed by atoms with E-state index in [2.05, 4.69) is 29.9 Å². The largest absolute Gasteiger partial charge is 0.471 e. The summed E-state index contributed by atoms with van der Waals surface area (Å²) in [5.41, 5.74) is -0.0186. The molecule has 0 aliphatic rings. The maximum Gasteiger partial charge on any atom is 0.425 e. The van der Waals surface area contributed by atoms with Crippen LogP contribution in [0.4, 0.5) is 26.3 Å². The van der Waals surface area contributed by atoms with Gasteiger partial charge in [-0.2, -0.15) is 31.7 Å². The van der Waals surface area contributed by atoms with E-state index in [9.17, 15) is 26.3 Å². The highest BCUT2D eigenvalue weighted by Gasteiger charge is 2.57. The van der Waals surface area contributed by atoms with E-state index < -0.39 is 30.8 Å². The second kappa shape index (κ2) is 8.18. The van der Waals surface area contributed by atoms with Crippen LogP contribution >= 0.6 is 0 Å². The zero-order chi connectivity index (χ0) is 20.1. The molecule has 2 aromatic heterocycles. The number of aromatic nitrogens is 5. The van der Waals surface area contributed by atoms with Gasteiger partial charge in [0.05, 0.1) is 0 Å². The lowest BCUT2D eigenvalue weighted by atomic mass is 10.2. The molecule has 8 nitrogen and oxygen atoms in total. The van der Waals surface area contributed by atoms with Gasteiger partial charge in [-0.15, -0.1) is 0 Å². The van der Waals surface area contributed by atoms with Crippen LogP contribution < -0.4 is 4.74 Å². The molecule has 0 saturated carbocycles. The molecule has 0 saturated heterocycles. The van der Waals surface area contributed by atoms with E-state index >= 15 is 0 Å². The van der Waals surface area contributed by atoms with Gasteiger partial charge in [-0.25, -0.2) is 19.3 Å². The average Bonchev–Trinajstić information content (AvgIpc) is 3.14. The van der Waals surface area contributed by atoms with Crippen LogP contribution in [0.2, 0.25) is 0 Å². The first-order valence-electron chi connectivity index (χ1n) is 7.24. The number of hydrogen-bond donors (Lipinski definition) is 0. The van der Waals surface area contributed by atoms with Crippen molar-refractivity contribution in [2.75, 3.05) is 13.2 Å². The van der Waals surface area contributed by atoms with Crippen molar-refractivity contribution in [3.05, 3.63) is 30.7 Å². The number of ether oxygens (including phenoxy) is 1. The molecule has 2 rings (SSSR count). The SMILES string of the molecule is CCO/N=C(/c1cc(OCC(F)(F)C(F)C(F)(F)F)ncn1)n1cncn1. The molecule has 0 aromatic carbocycles. The summed E-state index contributed by atoms with van der Waals surface area (Å²) in [4.78, 5) is 15.9. The lowest BCUT2D eigenvalue weighted by Crippen LogP contribution is -2.45. The Balaban J connectivity index is 2.19. The third-order valence-corrected chi connectivity index (χ3v) is 2.86. The predicted molar refractivity (Wildman–Crippen MR) is 77.0 cm³/mol. The first kappa shape index (κ1) is 20.4. The summed E-state index contributed by atoms with van der Waals surface area (Å²) >= 11 is 0. The van der Waals surface area contributed by atoms with E-state index in [1.54, 1.807) is 6.92 Å². The molecule has 27 heavy (non-hydrogen) atoms. The van der Waals surface area contributed by atoms with E-state index in [4.69, 9.17) is 4.84 Å². The second-order valence-electron chi connectivity index (χ2n) is 4.87. The van der Waals surface area contributed by atoms with Gasteiger partial charge in [0.1, 0.15) is 31.3 Å². The van der Waals surface area contributed by atoms with Crippen LogP contribution in [0.25, 0.3) is 0 Å². The van der Waals surface area contributed by atoms with Crippen LogP contribution in [0.3, 0.4) is 0 Å². The van der Waals surface area contributed by atoms with Gasteiger partial charge in [-0.3, -0.25) is 0 Å². The fraction of sp³-hybridized carbons (Fsp3) is 0.462. The fourth-order valence-corrected chi connectivity index (χ4v) is 1.67. The maximum absolute atomic E-state index is 13.3. The highest BCUT2D eigenvalue weighted by Crippen LogP contribution is 2.35. The van der Waals surface area contributed by atoms with Crippen molar-refractivity contribution in [1.82, 2.24) is 24.7 Å². The molecule has 0 bridgehead atoms. The lowest BCUT2D eigenvalue weighted by Gasteiger charge is -2.22. The van der Waals surface area contributed by atoms with Crippen LogP contribution in [-0.4, -0.2) is 62.1 Å². The molecule has 2 heterocycles. The van der Waals surface area contributed by atoms with Crippen molar-refractivity contribution in [2.45, 2.75) is 25.2 Å². The quantitative estimate of drug-likeness (QED) is 0.308. The van der Waals surface area contributed by atoms with E-state index in [0.717, 1.165) is 17.1 Å². The highest BCUT2D eigenvalue weighted by molar-refractivity contribution is 5.97. The van der Waals surface area contributed by atoms with Gasteiger partial charge < -0.3 is 9.57 Å². The summed E-state index contributed by atoms with van der Waals surface area (Å²) in [6.45, 7) is -0.0489. The van der Waals surface area contributed by atoms with Crippen molar-refractivity contribution in [1.29, 1.82) is 0 Å².